The molecule has 2 unspecified atom stereocenters. The van der Waals surface area contributed by atoms with E-state index in [1.165, 1.54) is 51.0 Å². The number of hydrogen-bond acceptors (Lipinski definition) is 1. The van der Waals surface area contributed by atoms with Crippen molar-refractivity contribution >= 4 is 10.8 Å². The highest BCUT2D eigenvalue weighted by Gasteiger charge is 2.37. The van der Waals surface area contributed by atoms with E-state index in [0.717, 1.165) is 31.1 Å². The first-order chi connectivity index (χ1) is 16.0. The van der Waals surface area contributed by atoms with Crippen LogP contribution in [0.15, 0.2) is 30.4 Å². The normalized spacial score (nSPS) is 25.5. The van der Waals surface area contributed by atoms with Crippen LogP contribution in [0, 0.1) is 35.2 Å². The van der Waals surface area contributed by atoms with E-state index in [1.807, 2.05) is 6.92 Å². The minimum atomic E-state index is -1.08. The Morgan fingerprint density at radius 2 is 1.73 bits per heavy atom. The lowest BCUT2D eigenvalue weighted by atomic mass is 9.63. The van der Waals surface area contributed by atoms with Gasteiger partial charge in [0.2, 0.25) is 0 Å². The van der Waals surface area contributed by atoms with Gasteiger partial charge in [-0.25, -0.2) is 13.2 Å². The molecule has 33 heavy (non-hydrogen) atoms. The van der Waals surface area contributed by atoms with Crippen molar-refractivity contribution in [3.63, 3.8) is 0 Å². The van der Waals surface area contributed by atoms with Crippen molar-refractivity contribution in [2.24, 2.45) is 17.8 Å². The van der Waals surface area contributed by atoms with E-state index in [2.05, 4.69) is 6.92 Å². The second-order valence-electron chi connectivity index (χ2n) is 10.2. The summed E-state index contributed by atoms with van der Waals surface area (Å²) in [5, 5.41) is 0.0945. The van der Waals surface area contributed by atoms with E-state index in [4.69, 9.17) is 4.74 Å². The van der Waals surface area contributed by atoms with Crippen molar-refractivity contribution in [3.05, 3.63) is 53.4 Å². The minimum Gasteiger partial charge on any atom is -0.486 e. The predicted molar refractivity (Wildman–Crippen MR) is 129 cm³/mol. The summed E-state index contributed by atoms with van der Waals surface area (Å²) in [4.78, 5) is 0. The first-order valence-electron chi connectivity index (χ1n) is 12.9. The largest absolute Gasteiger partial charge is 0.486 e. The van der Waals surface area contributed by atoms with Crippen LogP contribution >= 0.6 is 0 Å². The first kappa shape index (κ1) is 24.2. The number of allylic oxidation sites excluding steroid dienone is 1. The molecule has 0 heterocycles. The number of halogens is 3. The zero-order chi connectivity index (χ0) is 23.4. The van der Waals surface area contributed by atoms with Gasteiger partial charge < -0.3 is 4.74 Å². The Bertz CT molecular complexity index is 983. The topological polar surface area (TPSA) is 9.23 Å². The zero-order valence-corrected chi connectivity index (χ0v) is 20.0. The lowest BCUT2D eigenvalue weighted by Gasteiger charge is -2.42. The van der Waals surface area contributed by atoms with Gasteiger partial charge in [-0.1, -0.05) is 57.2 Å². The van der Waals surface area contributed by atoms with Crippen LogP contribution in [0.4, 0.5) is 13.2 Å². The maximum atomic E-state index is 15.2. The van der Waals surface area contributed by atoms with E-state index in [-0.39, 0.29) is 23.7 Å². The van der Waals surface area contributed by atoms with Crippen LogP contribution in [0.2, 0.25) is 0 Å². The van der Waals surface area contributed by atoms with Crippen molar-refractivity contribution in [2.75, 3.05) is 6.61 Å². The molecular formula is C29H37F3O. The molecule has 0 amide bonds. The van der Waals surface area contributed by atoms with Crippen molar-refractivity contribution in [3.8, 4) is 5.75 Å². The fraction of sp³-hybridized carbons (Fsp3) is 0.586. The Hall–Kier alpha value is -1.97. The van der Waals surface area contributed by atoms with Crippen molar-refractivity contribution in [1.29, 1.82) is 0 Å². The predicted octanol–water partition coefficient (Wildman–Crippen LogP) is 9.09. The number of ether oxygens (including phenoxy) is 1. The molecular weight excluding hydrogens is 421 g/mol. The van der Waals surface area contributed by atoms with Gasteiger partial charge in [0.25, 0.3) is 0 Å². The summed E-state index contributed by atoms with van der Waals surface area (Å²) in [5.74, 6) is -0.672. The highest BCUT2D eigenvalue weighted by Crippen LogP contribution is 2.49. The maximum absolute atomic E-state index is 15.2. The molecule has 4 atom stereocenters. The standard InChI is InChI=1S/C29H37F3O/c1-3-5-7-8-19-9-10-21-17-22(12-11-20(21)16-19)24-18-23-13-14-25(33-15-6-4-2)28(31)26(23)29(32)27(24)30/h4,6,13-14,18-22H,3,5,7-12,15-17H2,1-2H3/b6-4+/t19?,20-,21?,22-/m1/s1. The van der Waals surface area contributed by atoms with Crippen LogP contribution in [0.1, 0.15) is 89.5 Å². The molecule has 2 aromatic rings. The molecule has 2 aromatic carbocycles. The monoisotopic (exact) mass is 458 g/mol. The highest BCUT2D eigenvalue weighted by atomic mass is 19.2. The van der Waals surface area contributed by atoms with Crippen LogP contribution < -0.4 is 4.74 Å². The molecule has 2 aliphatic rings. The molecule has 1 nitrogen and oxygen atoms in total. The molecule has 0 saturated heterocycles. The fourth-order valence-electron chi connectivity index (χ4n) is 6.24. The van der Waals surface area contributed by atoms with E-state index in [9.17, 15) is 4.39 Å². The first-order valence-corrected chi connectivity index (χ1v) is 12.9. The van der Waals surface area contributed by atoms with Gasteiger partial charge in [0.05, 0.1) is 5.39 Å². The smallest absolute Gasteiger partial charge is 0.175 e. The molecule has 0 aromatic heterocycles. The number of fused-ring (bicyclic) bond motifs is 2. The quantitative estimate of drug-likeness (QED) is 0.283. The average Bonchev–Trinajstić information content (AvgIpc) is 2.82. The van der Waals surface area contributed by atoms with Crippen molar-refractivity contribution < 1.29 is 17.9 Å². The molecule has 4 rings (SSSR count). The Morgan fingerprint density at radius 3 is 2.52 bits per heavy atom. The fourth-order valence-corrected chi connectivity index (χ4v) is 6.24. The van der Waals surface area contributed by atoms with Gasteiger partial charge in [-0.3, -0.25) is 0 Å². The summed E-state index contributed by atoms with van der Waals surface area (Å²) < 4.78 is 50.6. The summed E-state index contributed by atoms with van der Waals surface area (Å²) in [6.45, 7) is 4.27. The zero-order valence-electron chi connectivity index (χ0n) is 20.0. The summed E-state index contributed by atoms with van der Waals surface area (Å²) in [6.07, 6.45) is 15.5. The van der Waals surface area contributed by atoms with Gasteiger partial charge in [0.15, 0.2) is 23.2 Å². The van der Waals surface area contributed by atoms with Crippen molar-refractivity contribution in [1.82, 2.24) is 0 Å². The van der Waals surface area contributed by atoms with Gasteiger partial charge in [0, 0.05) is 0 Å². The van der Waals surface area contributed by atoms with Crippen molar-refractivity contribution in [2.45, 2.75) is 84.0 Å². The van der Waals surface area contributed by atoms with Gasteiger partial charge in [-0.15, -0.1) is 0 Å². The molecule has 0 aliphatic heterocycles. The molecule has 0 N–H and O–H groups in total. The summed E-state index contributed by atoms with van der Waals surface area (Å²) in [7, 11) is 0. The summed E-state index contributed by atoms with van der Waals surface area (Å²) >= 11 is 0. The molecule has 2 fully saturated rings. The molecule has 0 bridgehead atoms. The van der Waals surface area contributed by atoms with Gasteiger partial charge in [-0.2, -0.15) is 0 Å². The minimum absolute atomic E-state index is 0.00969. The maximum Gasteiger partial charge on any atom is 0.175 e. The Labute approximate surface area is 196 Å². The molecule has 2 aliphatic carbocycles. The number of rotatable bonds is 8. The third kappa shape index (κ3) is 5.25. The van der Waals surface area contributed by atoms with Gasteiger partial charge in [0.1, 0.15) is 6.61 Å². The highest BCUT2D eigenvalue weighted by molar-refractivity contribution is 5.86. The van der Waals surface area contributed by atoms with Crippen LogP contribution in [0.25, 0.3) is 10.8 Å². The summed E-state index contributed by atoms with van der Waals surface area (Å²) in [5.41, 5.74) is 0.422. The molecule has 0 spiro atoms. The van der Waals surface area contributed by atoms with E-state index in [0.29, 0.717) is 16.9 Å². The Morgan fingerprint density at radius 1 is 0.939 bits per heavy atom. The van der Waals surface area contributed by atoms with Crippen LogP contribution in [0.3, 0.4) is 0 Å². The molecule has 0 radical (unpaired) electrons. The third-order valence-electron chi connectivity index (χ3n) is 8.06. The molecule has 180 valence electrons. The van der Waals surface area contributed by atoms with E-state index in [1.54, 1.807) is 24.3 Å². The molecule has 2 saturated carbocycles. The second-order valence-corrected chi connectivity index (χ2v) is 10.2. The number of benzene rings is 2. The van der Waals surface area contributed by atoms with E-state index >= 15 is 8.78 Å². The Kier molecular flexibility index (Phi) is 8.03. The van der Waals surface area contributed by atoms with Gasteiger partial charge >= 0.3 is 0 Å². The SMILES string of the molecule is C/C=C/COc1ccc2cc([C@@H]3CC[C@@H]4CC(CCCCC)CCC4C3)c(F)c(F)c2c1F. The average molecular weight is 459 g/mol. The summed E-state index contributed by atoms with van der Waals surface area (Å²) in [6, 6.07) is 4.83. The third-order valence-corrected chi connectivity index (χ3v) is 8.06. The van der Waals surface area contributed by atoms with Gasteiger partial charge in [-0.05, 0) is 85.8 Å². The molecule has 4 heteroatoms. The van der Waals surface area contributed by atoms with Crippen LogP contribution in [-0.4, -0.2) is 6.61 Å². The lowest BCUT2D eigenvalue weighted by Crippen LogP contribution is -2.30. The Balaban J connectivity index is 1.50. The van der Waals surface area contributed by atoms with E-state index < -0.39 is 17.5 Å². The lowest BCUT2D eigenvalue weighted by molar-refractivity contribution is 0.112. The number of hydrogen-bond donors (Lipinski definition) is 0. The van der Waals surface area contributed by atoms with Crippen LogP contribution in [-0.2, 0) is 0 Å². The second kappa shape index (κ2) is 11.0. The van der Waals surface area contributed by atoms with Crippen LogP contribution in [0.5, 0.6) is 5.75 Å². The number of unbranched alkanes of at least 4 members (excludes halogenated alkanes) is 2.